The molecule has 1 aromatic carbocycles. The standard InChI is InChI=1S/C19H26BrN5S.HI/c1-14-23-17(13-26-14)12-24(3)19(21-2)22-10-15-7-8-25(11-15)18-6-4-5-16(20)9-18;/h4-6,9,13,15H,7-8,10-12H2,1-3H3,(H,21,22);1H. The fraction of sp³-hybridized carbons (Fsp3) is 0.474. The molecule has 1 aliphatic rings. The van der Waals surface area contributed by atoms with Gasteiger partial charge in [-0.3, -0.25) is 4.99 Å². The van der Waals surface area contributed by atoms with Gasteiger partial charge in [0.15, 0.2) is 5.96 Å². The van der Waals surface area contributed by atoms with Crippen molar-refractivity contribution < 1.29 is 0 Å². The molecule has 3 rings (SSSR count). The van der Waals surface area contributed by atoms with Gasteiger partial charge in [0.1, 0.15) is 0 Å². The number of aromatic nitrogens is 1. The van der Waals surface area contributed by atoms with Crippen molar-refractivity contribution in [1.82, 2.24) is 15.2 Å². The molecule has 0 bridgehead atoms. The molecule has 0 aliphatic carbocycles. The third kappa shape index (κ3) is 6.32. The molecule has 1 N–H and O–H groups in total. The van der Waals surface area contributed by atoms with Crippen LogP contribution in [0.4, 0.5) is 5.69 Å². The van der Waals surface area contributed by atoms with E-state index in [1.807, 2.05) is 14.0 Å². The predicted octanol–water partition coefficient (Wildman–Crippen LogP) is 4.37. The van der Waals surface area contributed by atoms with Gasteiger partial charge in [-0.2, -0.15) is 0 Å². The summed E-state index contributed by atoms with van der Waals surface area (Å²) in [5.74, 6) is 1.55. The van der Waals surface area contributed by atoms with Crippen LogP contribution in [0.3, 0.4) is 0 Å². The Hall–Kier alpha value is -0.870. The topological polar surface area (TPSA) is 43.8 Å². The van der Waals surface area contributed by atoms with E-state index in [0.717, 1.165) is 47.3 Å². The number of anilines is 1. The highest BCUT2D eigenvalue weighted by molar-refractivity contribution is 14.0. The molecule has 0 saturated carbocycles. The minimum Gasteiger partial charge on any atom is -0.371 e. The lowest BCUT2D eigenvalue weighted by Crippen LogP contribution is -2.41. The lowest BCUT2D eigenvalue weighted by Gasteiger charge is -2.23. The lowest BCUT2D eigenvalue weighted by molar-refractivity contribution is 0.458. The van der Waals surface area contributed by atoms with Crippen molar-refractivity contribution in [2.75, 3.05) is 38.6 Å². The Bertz CT molecular complexity index is 766. The first-order chi connectivity index (χ1) is 12.5. The first-order valence-electron chi connectivity index (χ1n) is 8.88. The summed E-state index contributed by atoms with van der Waals surface area (Å²) in [7, 11) is 3.90. The molecule has 1 fully saturated rings. The van der Waals surface area contributed by atoms with Gasteiger partial charge in [0.2, 0.25) is 0 Å². The SMILES string of the molecule is CN=C(NCC1CCN(c2cccc(Br)c2)C1)N(C)Cc1csc(C)n1.I. The van der Waals surface area contributed by atoms with Crippen LogP contribution in [0, 0.1) is 12.8 Å². The van der Waals surface area contributed by atoms with Gasteiger partial charge in [0, 0.05) is 49.3 Å². The van der Waals surface area contributed by atoms with E-state index >= 15 is 0 Å². The molecule has 2 aromatic rings. The highest BCUT2D eigenvalue weighted by Gasteiger charge is 2.23. The van der Waals surface area contributed by atoms with E-state index in [-0.39, 0.29) is 24.0 Å². The minimum absolute atomic E-state index is 0. The number of nitrogens with zero attached hydrogens (tertiary/aromatic N) is 4. The third-order valence-electron chi connectivity index (χ3n) is 4.65. The summed E-state index contributed by atoms with van der Waals surface area (Å²) in [6.45, 7) is 5.94. The van der Waals surface area contributed by atoms with E-state index in [0.29, 0.717) is 5.92 Å². The van der Waals surface area contributed by atoms with E-state index in [9.17, 15) is 0 Å². The van der Waals surface area contributed by atoms with Crippen LogP contribution in [-0.2, 0) is 6.54 Å². The largest absolute Gasteiger partial charge is 0.371 e. The Labute approximate surface area is 191 Å². The third-order valence-corrected chi connectivity index (χ3v) is 5.96. The predicted molar refractivity (Wildman–Crippen MR) is 130 cm³/mol. The van der Waals surface area contributed by atoms with Gasteiger partial charge >= 0.3 is 0 Å². The van der Waals surface area contributed by atoms with Crippen LogP contribution >= 0.6 is 51.2 Å². The summed E-state index contributed by atoms with van der Waals surface area (Å²) in [6.07, 6.45) is 1.20. The molecule has 1 saturated heterocycles. The van der Waals surface area contributed by atoms with Crippen molar-refractivity contribution in [3.8, 4) is 0 Å². The zero-order valence-corrected chi connectivity index (χ0v) is 20.7. The quantitative estimate of drug-likeness (QED) is 0.333. The zero-order chi connectivity index (χ0) is 18.5. The van der Waals surface area contributed by atoms with Crippen molar-refractivity contribution in [1.29, 1.82) is 0 Å². The molecule has 1 aliphatic heterocycles. The Morgan fingerprint density at radius 3 is 2.96 bits per heavy atom. The van der Waals surface area contributed by atoms with E-state index in [2.05, 4.69) is 77.7 Å². The van der Waals surface area contributed by atoms with Crippen LogP contribution in [-0.4, -0.2) is 49.6 Å². The summed E-state index contributed by atoms with van der Waals surface area (Å²) in [6, 6.07) is 8.55. The van der Waals surface area contributed by atoms with Crippen LogP contribution in [0.5, 0.6) is 0 Å². The van der Waals surface area contributed by atoms with E-state index in [1.165, 1.54) is 12.1 Å². The summed E-state index contributed by atoms with van der Waals surface area (Å²) in [4.78, 5) is 13.6. The smallest absolute Gasteiger partial charge is 0.193 e. The Kier molecular flexibility index (Phi) is 8.81. The normalized spacial score (nSPS) is 17.0. The van der Waals surface area contributed by atoms with Crippen molar-refractivity contribution in [2.24, 2.45) is 10.9 Å². The molecule has 5 nitrogen and oxygen atoms in total. The molecule has 27 heavy (non-hydrogen) atoms. The van der Waals surface area contributed by atoms with Crippen molar-refractivity contribution in [3.63, 3.8) is 0 Å². The molecule has 1 atom stereocenters. The molecule has 0 spiro atoms. The maximum Gasteiger partial charge on any atom is 0.193 e. The molecule has 1 unspecified atom stereocenters. The lowest BCUT2D eigenvalue weighted by atomic mass is 10.1. The minimum atomic E-state index is 0. The summed E-state index contributed by atoms with van der Waals surface area (Å²) >= 11 is 5.26. The molecule has 0 amide bonds. The monoisotopic (exact) mass is 563 g/mol. The fourth-order valence-corrected chi connectivity index (χ4v) is 4.32. The van der Waals surface area contributed by atoms with Crippen LogP contribution in [0.15, 0.2) is 39.1 Å². The number of thiazole rings is 1. The van der Waals surface area contributed by atoms with E-state index < -0.39 is 0 Å². The summed E-state index contributed by atoms with van der Waals surface area (Å²) in [5.41, 5.74) is 2.39. The zero-order valence-electron chi connectivity index (χ0n) is 16.0. The Balaban J connectivity index is 0.00000261. The van der Waals surface area contributed by atoms with Gasteiger partial charge in [0.05, 0.1) is 17.2 Å². The summed E-state index contributed by atoms with van der Waals surface area (Å²) < 4.78 is 1.14. The number of hydrogen-bond donors (Lipinski definition) is 1. The Morgan fingerprint density at radius 1 is 1.48 bits per heavy atom. The van der Waals surface area contributed by atoms with Crippen molar-refractivity contribution >= 4 is 62.9 Å². The number of rotatable bonds is 5. The van der Waals surface area contributed by atoms with Gasteiger partial charge in [-0.1, -0.05) is 22.0 Å². The van der Waals surface area contributed by atoms with Crippen molar-refractivity contribution in [3.05, 3.63) is 44.8 Å². The van der Waals surface area contributed by atoms with Crippen LogP contribution in [0.25, 0.3) is 0 Å². The average molecular weight is 564 g/mol. The highest BCUT2D eigenvalue weighted by atomic mass is 127. The average Bonchev–Trinajstić information content (AvgIpc) is 3.24. The maximum atomic E-state index is 4.54. The second-order valence-corrected chi connectivity index (χ2v) is 8.70. The van der Waals surface area contributed by atoms with E-state index in [1.54, 1.807) is 11.3 Å². The van der Waals surface area contributed by atoms with Crippen LogP contribution in [0.1, 0.15) is 17.1 Å². The molecular formula is C19H27BrIN5S. The first kappa shape index (κ1) is 22.4. The Morgan fingerprint density at radius 2 is 2.30 bits per heavy atom. The number of hydrogen-bond acceptors (Lipinski definition) is 4. The number of aliphatic imine (C=N–C) groups is 1. The van der Waals surface area contributed by atoms with Crippen LogP contribution < -0.4 is 10.2 Å². The fourth-order valence-electron chi connectivity index (χ4n) is 3.33. The molecule has 148 valence electrons. The molecule has 1 aromatic heterocycles. The molecular weight excluding hydrogens is 537 g/mol. The molecule has 2 heterocycles. The number of benzene rings is 1. The number of aryl methyl sites for hydroxylation is 1. The second-order valence-electron chi connectivity index (χ2n) is 6.72. The maximum absolute atomic E-state index is 4.54. The summed E-state index contributed by atoms with van der Waals surface area (Å²) in [5, 5.41) is 6.76. The highest BCUT2D eigenvalue weighted by Crippen LogP contribution is 2.26. The van der Waals surface area contributed by atoms with Crippen LogP contribution in [0.2, 0.25) is 0 Å². The number of nitrogens with one attached hydrogen (secondary N) is 1. The van der Waals surface area contributed by atoms with Gasteiger partial charge < -0.3 is 15.1 Å². The van der Waals surface area contributed by atoms with Gasteiger partial charge in [-0.25, -0.2) is 4.98 Å². The number of guanidine groups is 1. The first-order valence-corrected chi connectivity index (χ1v) is 10.6. The second kappa shape index (κ2) is 10.6. The molecule has 0 radical (unpaired) electrons. The molecule has 8 heteroatoms. The van der Waals surface area contributed by atoms with E-state index in [4.69, 9.17) is 0 Å². The van der Waals surface area contributed by atoms with Crippen molar-refractivity contribution in [2.45, 2.75) is 19.9 Å². The van der Waals surface area contributed by atoms with Gasteiger partial charge in [-0.05, 0) is 37.5 Å². The number of halogens is 2. The van der Waals surface area contributed by atoms with Gasteiger partial charge in [-0.15, -0.1) is 35.3 Å². The van der Waals surface area contributed by atoms with Gasteiger partial charge in [0.25, 0.3) is 0 Å².